The van der Waals surface area contributed by atoms with E-state index in [9.17, 15) is 0 Å². The molecule has 0 amide bonds. The second-order valence-electron chi connectivity index (χ2n) is 16.5. The molecule has 0 bridgehead atoms. The molecule has 32 radical (unpaired) electrons. The number of nitrogens with zero attached hydrogens (tertiary/aromatic N) is 3. The van der Waals surface area contributed by atoms with Crippen molar-refractivity contribution in [1.29, 1.82) is 0 Å². The minimum absolute atomic E-state index is 0.00546. The highest BCUT2D eigenvalue weighted by molar-refractivity contribution is 6.72. The van der Waals surface area contributed by atoms with Gasteiger partial charge in [-0.05, 0) is 57.1 Å². The lowest BCUT2D eigenvalue weighted by molar-refractivity contribution is 0.398. The summed E-state index contributed by atoms with van der Waals surface area (Å²) in [4.78, 5) is 14.6. The van der Waals surface area contributed by atoms with Crippen LogP contribution in [0.2, 0.25) is 0 Å². The Labute approximate surface area is 430 Å². The number of hydrogen-bond donors (Lipinski definition) is 0. The van der Waals surface area contributed by atoms with E-state index in [4.69, 9.17) is 158 Å². The second kappa shape index (κ2) is 19.5. The third-order valence-electron chi connectivity index (χ3n) is 12.5. The molecule has 0 atom stereocenters. The fourth-order valence-electron chi connectivity index (χ4n) is 8.72. The van der Waals surface area contributed by atoms with E-state index in [1.807, 2.05) is 60.7 Å². The third-order valence-corrected chi connectivity index (χ3v) is 12.5. The van der Waals surface area contributed by atoms with E-state index in [1.54, 1.807) is 6.92 Å². The third kappa shape index (κ3) is 8.30. The molecule has 4 nitrogen and oxygen atoms in total. The SMILES string of the molecule is [B]/C(C#C)=c1\c([B])c([B])c([B])c([B])\c1=C1\CC(Cc2c([B])c([B])c(-c3c([B])c([B])c([B])c([B])c3[B])c3c([B])c([B])c([B])c([B])c23)=C(/C(C)=C(\C#C)c2nc(-c3ccccc3)nc(-c3ccccc3)n2)O1. The highest BCUT2D eigenvalue weighted by Gasteiger charge is 2.30. The zero-order valence-corrected chi connectivity index (χ0v) is 37.8. The maximum absolute atomic E-state index is 7.12. The minimum atomic E-state index is -0.0990. The van der Waals surface area contributed by atoms with Crippen molar-refractivity contribution in [2.24, 2.45) is 0 Å². The zero-order valence-electron chi connectivity index (χ0n) is 37.8. The van der Waals surface area contributed by atoms with Gasteiger partial charge in [-0.15, -0.1) is 51.1 Å². The number of ether oxygens (including phenoxy) is 1. The number of rotatable bonds is 7. The molecule has 0 saturated carbocycles. The summed E-state index contributed by atoms with van der Waals surface area (Å²) >= 11 is 0. The van der Waals surface area contributed by atoms with Crippen LogP contribution in [0.5, 0.6) is 0 Å². The molecule has 8 rings (SSSR count). The van der Waals surface area contributed by atoms with Gasteiger partial charge in [-0.25, -0.2) is 15.0 Å². The highest BCUT2D eigenvalue weighted by Crippen LogP contribution is 2.38. The Hall–Kier alpha value is -6.23. The molecule has 2 heterocycles. The largest absolute Gasteiger partial charge is 0.460 e. The molecule has 0 saturated heterocycles. The van der Waals surface area contributed by atoms with Crippen molar-refractivity contribution in [3.8, 4) is 58.6 Å². The van der Waals surface area contributed by atoms with E-state index in [1.165, 1.54) is 0 Å². The lowest BCUT2D eigenvalue weighted by atomic mass is 9.56. The van der Waals surface area contributed by atoms with Crippen molar-refractivity contribution >= 4 is 235 Å². The molecule has 70 heavy (non-hydrogen) atoms. The fraction of sp³-hybridized carbons (Fsp3) is 0.0600. The molecule has 1 aliphatic rings. The first-order chi connectivity index (χ1) is 33.2. The van der Waals surface area contributed by atoms with Crippen LogP contribution in [-0.4, -0.2) is 140 Å². The van der Waals surface area contributed by atoms with Gasteiger partial charge in [-0.1, -0.05) is 116 Å². The van der Waals surface area contributed by atoms with Gasteiger partial charge in [0.25, 0.3) is 0 Å². The topological polar surface area (TPSA) is 47.9 Å². The van der Waals surface area contributed by atoms with Crippen molar-refractivity contribution in [3.05, 3.63) is 99.4 Å². The molecule has 7 aromatic rings. The van der Waals surface area contributed by atoms with Crippen molar-refractivity contribution < 1.29 is 4.74 Å². The van der Waals surface area contributed by atoms with Gasteiger partial charge in [-0.3, -0.25) is 0 Å². The maximum atomic E-state index is 7.12. The number of allylic oxidation sites excluding steroid dienone is 2. The first-order valence-corrected chi connectivity index (χ1v) is 21.2. The minimum Gasteiger partial charge on any atom is -0.460 e. The molecule has 20 heteroatoms. The van der Waals surface area contributed by atoms with Crippen LogP contribution in [0, 0.1) is 24.7 Å². The van der Waals surface area contributed by atoms with E-state index in [2.05, 4.69) is 11.8 Å². The van der Waals surface area contributed by atoms with Gasteiger partial charge < -0.3 is 4.74 Å². The van der Waals surface area contributed by atoms with E-state index in [-0.39, 0.29) is 156 Å². The van der Waals surface area contributed by atoms with E-state index >= 15 is 0 Å². The summed E-state index contributed by atoms with van der Waals surface area (Å²) in [7, 11) is 106. The zero-order chi connectivity index (χ0) is 50.8. The van der Waals surface area contributed by atoms with Gasteiger partial charge in [0, 0.05) is 28.3 Å². The standard InChI is InChI=1S/C50H19B16N3O/c1-4-22(50-68-48(19-12-8-6-9-13-19)67-49(69-50)20-14-10-7-11-15-20)18(3)47-21(17-25(70-47)28-27(24(51)5-2)34(54)41(61)42(62)35(28)55)16-23-26-29(37(57)43(63)40(60)33(26)53)30(36(56)32(23)52)31-38(58)44(64)46(66)45(65)39(31)59/h1-2,6-15H,16-17H2,3H3/b22-18+,27-24-,28-25-. The van der Waals surface area contributed by atoms with Crippen LogP contribution in [0.1, 0.15) is 24.7 Å². The second-order valence-corrected chi connectivity index (χ2v) is 16.5. The molecule has 288 valence electrons. The molecule has 0 N–H and O–H groups in total. The van der Waals surface area contributed by atoms with Gasteiger partial charge in [0.1, 0.15) is 137 Å². The highest BCUT2D eigenvalue weighted by atomic mass is 16.5. The summed E-state index contributed by atoms with van der Waals surface area (Å²) in [6, 6.07) is 18.7. The Kier molecular flexibility index (Phi) is 14.0. The van der Waals surface area contributed by atoms with E-state index in [0.29, 0.717) is 39.5 Å². The Morgan fingerprint density at radius 3 is 1.50 bits per heavy atom. The molecule has 1 aromatic heterocycles. The number of aromatic nitrogens is 3. The molecule has 0 fully saturated rings. The van der Waals surface area contributed by atoms with Crippen molar-refractivity contribution in [2.75, 3.05) is 0 Å². The van der Waals surface area contributed by atoms with Crippen LogP contribution in [0.25, 0.3) is 61.5 Å². The lowest BCUT2D eigenvalue weighted by Crippen LogP contribution is -2.64. The number of benzene rings is 6. The number of terminal acetylenes is 2. The van der Waals surface area contributed by atoms with Gasteiger partial charge in [0.05, 0.1) is 5.57 Å². The summed E-state index contributed by atoms with van der Waals surface area (Å²) in [5.74, 6) is 6.52. The Balaban J connectivity index is 1.49. The molecule has 0 unspecified atom stereocenters. The average Bonchev–Trinajstić information content (AvgIpc) is 3.79. The monoisotopic (exact) mass is 853 g/mol. The average molecular weight is 851 g/mol. The van der Waals surface area contributed by atoms with Gasteiger partial charge in [0.15, 0.2) is 17.5 Å². The maximum Gasteiger partial charge on any atom is 0.172 e. The van der Waals surface area contributed by atoms with Crippen LogP contribution in [-0.2, 0) is 11.2 Å². The molecule has 6 aromatic carbocycles. The van der Waals surface area contributed by atoms with Gasteiger partial charge >= 0.3 is 0 Å². The Morgan fingerprint density at radius 2 is 0.986 bits per heavy atom. The predicted molar refractivity (Wildman–Crippen MR) is 306 cm³/mol. The first-order valence-electron chi connectivity index (χ1n) is 21.2. The smallest absolute Gasteiger partial charge is 0.172 e. The molecule has 0 aliphatic carbocycles. The fourth-order valence-corrected chi connectivity index (χ4v) is 8.72. The van der Waals surface area contributed by atoms with Crippen LogP contribution < -0.4 is 92.4 Å². The Bertz CT molecular complexity index is 3640. The number of hydrogen-bond acceptors (Lipinski definition) is 4. The lowest BCUT2D eigenvalue weighted by Gasteiger charge is -2.30. The van der Waals surface area contributed by atoms with Crippen molar-refractivity contribution in [3.63, 3.8) is 0 Å². The quantitative estimate of drug-likeness (QED) is 0.118. The van der Waals surface area contributed by atoms with Gasteiger partial charge in [0.2, 0.25) is 0 Å². The summed E-state index contributed by atoms with van der Waals surface area (Å²) in [5, 5.41) is 0.720. The summed E-state index contributed by atoms with van der Waals surface area (Å²) in [6.07, 6.45) is 12.2. The number of fused-ring (bicyclic) bond motifs is 1. The summed E-state index contributed by atoms with van der Waals surface area (Å²) in [5.41, 5.74) is 2.44. The predicted octanol–water partition coefficient (Wildman–Crippen LogP) is -9.03. The summed E-state index contributed by atoms with van der Waals surface area (Å²) in [6.45, 7) is 1.74. The van der Waals surface area contributed by atoms with Crippen LogP contribution in [0.15, 0.2) is 77.6 Å². The molecular formula is C50H19B16N3O. The molecule has 1 aliphatic heterocycles. The van der Waals surface area contributed by atoms with Crippen LogP contribution in [0.4, 0.5) is 0 Å². The molecular weight excluding hydrogens is 832 g/mol. The summed E-state index contributed by atoms with van der Waals surface area (Å²) < 4.78 is 6.89. The van der Waals surface area contributed by atoms with Crippen LogP contribution >= 0.6 is 0 Å². The normalized spacial score (nSPS) is 13.9. The van der Waals surface area contributed by atoms with Crippen molar-refractivity contribution in [2.45, 2.75) is 19.8 Å². The van der Waals surface area contributed by atoms with E-state index < -0.39 is 0 Å². The first kappa shape index (κ1) is 50.2. The van der Waals surface area contributed by atoms with Crippen molar-refractivity contribution in [1.82, 2.24) is 15.0 Å². The van der Waals surface area contributed by atoms with Gasteiger partial charge in [-0.2, -0.15) is 0 Å². The van der Waals surface area contributed by atoms with E-state index in [0.717, 1.165) is 0 Å². The Morgan fingerprint density at radius 1 is 0.529 bits per heavy atom. The van der Waals surface area contributed by atoms with Crippen LogP contribution in [0.3, 0.4) is 0 Å². The molecule has 0 spiro atoms.